The number of ether oxygens (including phenoxy) is 5. The van der Waals surface area contributed by atoms with E-state index < -0.39 is 0 Å². The van der Waals surface area contributed by atoms with Crippen LogP contribution in [0.25, 0.3) is 11.3 Å². The highest BCUT2D eigenvalue weighted by Gasteiger charge is 2.24. The average Bonchev–Trinajstić information content (AvgIpc) is 2.71. The van der Waals surface area contributed by atoms with Gasteiger partial charge in [-0.2, -0.15) is 0 Å². The average molecular weight is 373 g/mol. The number of nitrogens with zero attached hydrogens (tertiary/aromatic N) is 1. The summed E-state index contributed by atoms with van der Waals surface area (Å²) in [5.74, 6) is 1.93. The van der Waals surface area contributed by atoms with Crippen LogP contribution in [-0.4, -0.2) is 51.3 Å². The van der Waals surface area contributed by atoms with Gasteiger partial charge in [-0.1, -0.05) is 0 Å². The van der Waals surface area contributed by atoms with Crippen molar-refractivity contribution < 1.29 is 23.7 Å². The predicted octanol–water partition coefficient (Wildman–Crippen LogP) is 1.88. The highest BCUT2D eigenvalue weighted by atomic mass is 16.6. The van der Waals surface area contributed by atoms with E-state index in [9.17, 15) is 4.79 Å². The van der Waals surface area contributed by atoms with Crippen LogP contribution in [0.2, 0.25) is 0 Å². The molecule has 2 aliphatic heterocycles. The molecule has 0 unspecified atom stereocenters. The molecule has 0 radical (unpaired) electrons. The molecule has 1 aromatic carbocycles. The molecule has 0 N–H and O–H groups in total. The normalized spacial score (nSPS) is 18.4. The van der Waals surface area contributed by atoms with Crippen LogP contribution >= 0.6 is 0 Å². The lowest BCUT2D eigenvalue weighted by molar-refractivity contribution is -0.101. The van der Waals surface area contributed by atoms with Crippen molar-refractivity contribution in [2.75, 3.05) is 40.6 Å². The van der Waals surface area contributed by atoms with Crippen molar-refractivity contribution in [2.24, 2.45) is 0 Å². The van der Waals surface area contributed by atoms with Crippen LogP contribution in [0.4, 0.5) is 0 Å². The second-order valence-corrected chi connectivity index (χ2v) is 6.52. The highest BCUT2D eigenvalue weighted by molar-refractivity contribution is 5.72. The maximum Gasteiger partial charge on any atom is 0.254 e. The summed E-state index contributed by atoms with van der Waals surface area (Å²) in [6.45, 7) is 2.62. The van der Waals surface area contributed by atoms with Crippen LogP contribution in [-0.2, 0) is 22.4 Å². The second kappa shape index (κ2) is 7.62. The summed E-state index contributed by atoms with van der Waals surface area (Å²) < 4.78 is 29.5. The van der Waals surface area contributed by atoms with Gasteiger partial charge in [-0.25, -0.2) is 0 Å². The maximum atomic E-state index is 12.6. The molecule has 1 fully saturated rings. The fraction of sp³-hybridized carbons (Fsp3) is 0.450. The van der Waals surface area contributed by atoms with Crippen molar-refractivity contribution in [1.29, 1.82) is 0 Å². The van der Waals surface area contributed by atoms with Crippen molar-refractivity contribution >= 4 is 0 Å². The molecular weight excluding hydrogens is 350 g/mol. The summed E-state index contributed by atoms with van der Waals surface area (Å²) >= 11 is 0. The molecule has 144 valence electrons. The zero-order valence-corrected chi connectivity index (χ0v) is 15.5. The first-order valence-electron chi connectivity index (χ1n) is 9.02. The van der Waals surface area contributed by atoms with Gasteiger partial charge in [-0.3, -0.25) is 4.79 Å². The molecule has 1 atom stereocenters. The first-order valence-corrected chi connectivity index (χ1v) is 9.02. The quantitative estimate of drug-likeness (QED) is 0.797. The van der Waals surface area contributed by atoms with E-state index >= 15 is 0 Å². The Morgan fingerprint density at radius 3 is 2.81 bits per heavy atom. The van der Waals surface area contributed by atoms with E-state index in [0.717, 1.165) is 16.8 Å². The summed E-state index contributed by atoms with van der Waals surface area (Å²) in [7, 11) is 3.25. The Balaban J connectivity index is 1.67. The van der Waals surface area contributed by atoms with E-state index in [4.69, 9.17) is 23.7 Å². The third-order valence-corrected chi connectivity index (χ3v) is 4.93. The van der Waals surface area contributed by atoms with Gasteiger partial charge in [0.05, 0.1) is 39.7 Å². The van der Waals surface area contributed by atoms with E-state index in [1.807, 2.05) is 18.2 Å². The minimum absolute atomic E-state index is 0.0799. The highest BCUT2D eigenvalue weighted by Crippen LogP contribution is 2.41. The minimum atomic E-state index is -0.117. The lowest BCUT2D eigenvalue weighted by atomic mass is 9.95. The molecule has 0 amide bonds. The largest absolute Gasteiger partial charge is 0.493 e. The Morgan fingerprint density at radius 1 is 1.19 bits per heavy atom. The van der Waals surface area contributed by atoms with Gasteiger partial charge in [0, 0.05) is 29.8 Å². The molecule has 4 rings (SSSR count). The molecule has 3 heterocycles. The monoisotopic (exact) mass is 373 g/mol. The van der Waals surface area contributed by atoms with Gasteiger partial charge in [0.1, 0.15) is 18.5 Å². The first kappa shape index (κ1) is 17.9. The molecule has 2 aliphatic rings. The zero-order chi connectivity index (χ0) is 18.8. The number of aromatic nitrogens is 1. The Labute approximate surface area is 157 Å². The van der Waals surface area contributed by atoms with E-state index in [-0.39, 0.29) is 11.7 Å². The number of hydrogen-bond donors (Lipinski definition) is 0. The fourth-order valence-corrected chi connectivity index (χ4v) is 3.63. The first-order chi connectivity index (χ1) is 13.2. The minimum Gasteiger partial charge on any atom is -0.493 e. The number of methoxy groups -OCH3 is 2. The van der Waals surface area contributed by atoms with E-state index in [0.29, 0.717) is 56.6 Å². The van der Waals surface area contributed by atoms with Gasteiger partial charge in [-0.05, 0) is 18.6 Å². The van der Waals surface area contributed by atoms with Gasteiger partial charge in [-0.15, -0.1) is 0 Å². The third kappa shape index (κ3) is 3.40. The van der Waals surface area contributed by atoms with Gasteiger partial charge in [0.25, 0.3) is 5.56 Å². The Morgan fingerprint density at radius 2 is 2.07 bits per heavy atom. The number of rotatable bonds is 5. The smallest absolute Gasteiger partial charge is 0.254 e. The predicted molar refractivity (Wildman–Crippen MR) is 99.0 cm³/mol. The van der Waals surface area contributed by atoms with E-state index in [2.05, 4.69) is 0 Å². The SMILES string of the molecule is COc1ccc2c(c1OC)CCn1c-2cc(OC[C@@H]2COCCO2)cc1=O. The Bertz CT molecular complexity index is 885. The molecule has 0 aliphatic carbocycles. The zero-order valence-electron chi connectivity index (χ0n) is 15.5. The van der Waals surface area contributed by atoms with Crippen LogP contribution in [0.5, 0.6) is 17.2 Å². The number of fused-ring (bicyclic) bond motifs is 3. The standard InChI is InChI=1S/C20H23NO6/c1-23-18-4-3-15-16(20(18)24-2)5-6-21-17(15)9-13(10-19(21)22)27-12-14-11-25-7-8-26-14/h3-4,9-10,14H,5-8,11-12H2,1-2H3/t14-/m0/s1. The Hall–Kier alpha value is -2.51. The van der Waals surface area contributed by atoms with Crippen LogP contribution in [0.3, 0.4) is 0 Å². The number of pyridine rings is 1. The van der Waals surface area contributed by atoms with Gasteiger partial charge >= 0.3 is 0 Å². The topological polar surface area (TPSA) is 68.2 Å². The molecular formula is C20H23NO6. The third-order valence-electron chi connectivity index (χ3n) is 4.93. The summed E-state index contributed by atoms with van der Waals surface area (Å²) in [4.78, 5) is 12.6. The second-order valence-electron chi connectivity index (χ2n) is 6.52. The molecule has 7 heteroatoms. The van der Waals surface area contributed by atoms with Gasteiger partial charge in [0.2, 0.25) is 0 Å². The van der Waals surface area contributed by atoms with Crippen LogP contribution in [0, 0.1) is 0 Å². The number of benzene rings is 1. The van der Waals surface area contributed by atoms with Gasteiger partial charge in [0.15, 0.2) is 11.5 Å². The van der Waals surface area contributed by atoms with Crippen molar-refractivity contribution in [3.05, 3.63) is 40.2 Å². The van der Waals surface area contributed by atoms with Crippen LogP contribution in [0.1, 0.15) is 5.56 Å². The van der Waals surface area contributed by atoms with Gasteiger partial charge < -0.3 is 28.3 Å². The number of hydrogen-bond acceptors (Lipinski definition) is 6. The van der Waals surface area contributed by atoms with Crippen LogP contribution in [0.15, 0.2) is 29.1 Å². The van der Waals surface area contributed by atoms with E-state index in [1.165, 1.54) is 6.07 Å². The summed E-state index contributed by atoms with van der Waals surface area (Å²) in [5, 5.41) is 0. The van der Waals surface area contributed by atoms with E-state index in [1.54, 1.807) is 18.8 Å². The van der Waals surface area contributed by atoms with Crippen molar-refractivity contribution in [1.82, 2.24) is 4.57 Å². The lowest BCUT2D eigenvalue weighted by Gasteiger charge is -2.26. The van der Waals surface area contributed by atoms with Crippen molar-refractivity contribution in [2.45, 2.75) is 19.1 Å². The lowest BCUT2D eigenvalue weighted by Crippen LogP contribution is -2.33. The molecule has 1 saturated heterocycles. The molecule has 1 aromatic heterocycles. The summed E-state index contributed by atoms with van der Waals surface area (Å²) in [6, 6.07) is 7.25. The molecule has 0 saturated carbocycles. The summed E-state index contributed by atoms with van der Waals surface area (Å²) in [6.07, 6.45) is 0.588. The van der Waals surface area contributed by atoms with Crippen LogP contribution < -0.4 is 19.8 Å². The molecule has 0 bridgehead atoms. The fourth-order valence-electron chi connectivity index (χ4n) is 3.63. The summed E-state index contributed by atoms with van der Waals surface area (Å²) in [5.41, 5.74) is 2.74. The molecule has 2 aromatic rings. The van der Waals surface area contributed by atoms with Crippen molar-refractivity contribution in [3.8, 4) is 28.5 Å². The Kier molecular flexibility index (Phi) is 5.05. The molecule has 7 nitrogen and oxygen atoms in total. The van der Waals surface area contributed by atoms with Crippen molar-refractivity contribution in [3.63, 3.8) is 0 Å². The molecule has 0 spiro atoms. The maximum absolute atomic E-state index is 12.6. The molecule has 27 heavy (non-hydrogen) atoms.